The van der Waals surface area contributed by atoms with Gasteiger partial charge in [0.15, 0.2) is 0 Å². The van der Waals surface area contributed by atoms with E-state index >= 15 is 0 Å². The minimum absolute atomic E-state index is 0.0754. The predicted octanol–water partition coefficient (Wildman–Crippen LogP) is 1.98. The number of H-pyrrole nitrogens is 1. The van der Waals surface area contributed by atoms with Crippen LogP contribution < -0.4 is 5.32 Å². The lowest BCUT2D eigenvalue weighted by Crippen LogP contribution is -2.37. The van der Waals surface area contributed by atoms with E-state index in [4.69, 9.17) is 0 Å². The Balaban J connectivity index is 1.42. The zero-order valence-corrected chi connectivity index (χ0v) is 14.3. The lowest BCUT2D eigenvalue weighted by molar-refractivity contribution is -0.120. The summed E-state index contributed by atoms with van der Waals surface area (Å²) >= 11 is 0. The molecular formula is C19H27N3O2. The number of aliphatic hydroxyl groups is 1. The van der Waals surface area contributed by atoms with Crippen LogP contribution in [0.15, 0.2) is 24.4 Å². The number of para-hydroxylation sites is 1. The summed E-state index contributed by atoms with van der Waals surface area (Å²) in [4.78, 5) is 17.8. The third-order valence-corrected chi connectivity index (χ3v) is 4.89. The zero-order chi connectivity index (χ0) is 16.9. The molecule has 1 aliphatic heterocycles. The fraction of sp³-hybridized carbons (Fsp3) is 0.526. The number of carbonyl (C=O) groups is 1. The number of nitrogens with one attached hydrogen (secondary N) is 2. The molecule has 0 saturated carbocycles. The molecule has 1 aliphatic rings. The standard InChI is InChI=1S/C19H27N3O2/c1-14-4-2-5-17-15(13-21-19(14)17)12-18(24)20-8-3-9-22-10-6-16(23)7-11-22/h2,4-5,13,16,21,23H,3,6-12H2,1H3,(H,20,24). The second-order valence-electron chi connectivity index (χ2n) is 6.76. The molecule has 1 saturated heterocycles. The van der Waals surface area contributed by atoms with Gasteiger partial charge in [-0.1, -0.05) is 18.2 Å². The normalized spacial score (nSPS) is 16.6. The van der Waals surface area contributed by atoms with Crippen LogP contribution in [0.5, 0.6) is 0 Å². The molecule has 0 bridgehead atoms. The molecule has 1 amide bonds. The molecule has 1 aromatic carbocycles. The molecule has 24 heavy (non-hydrogen) atoms. The summed E-state index contributed by atoms with van der Waals surface area (Å²) in [5.74, 6) is 0.0754. The highest BCUT2D eigenvalue weighted by molar-refractivity contribution is 5.90. The van der Waals surface area contributed by atoms with Gasteiger partial charge in [-0.2, -0.15) is 0 Å². The Bertz CT molecular complexity index is 687. The maximum atomic E-state index is 12.2. The number of hydrogen-bond donors (Lipinski definition) is 3. The van der Waals surface area contributed by atoms with Gasteiger partial charge in [0.05, 0.1) is 12.5 Å². The Hall–Kier alpha value is -1.85. The van der Waals surface area contributed by atoms with Crippen LogP contribution in [0.1, 0.15) is 30.4 Å². The van der Waals surface area contributed by atoms with E-state index in [0.717, 1.165) is 55.4 Å². The van der Waals surface area contributed by atoms with Gasteiger partial charge in [-0.3, -0.25) is 4.79 Å². The fourth-order valence-corrected chi connectivity index (χ4v) is 3.42. The van der Waals surface area contributed by atoms with Crippen molar-refractivity contribution in [3.8, 4) is 0 Å². The zero-order valence-electron chi connectivity index (χ0n) is 14.3. The number of carbonyl (C=O) groups excluding carboxylic acids is 1. The predicted molar refractivity (Wildman–Crippen MR) is 96.0 cm³/mol. The molecule has 1 fully saturated rings. The molecule has 130 valence electrons. The highest BCUT2D eigenvalue weighted by Gasteiger charge is 2.16. The summed E-state index contributed by atoms with van der Waals surface area (Å²) in [6, 6.07) is 6.16. The topological polar surface area (TPSA) is 68.4 Å². The number of piperidine rings is 1. The summed E-state index contributed by atoms with van der Waals surface area (Å²) in [5, 5.41) is 13.7. The Morgan fingerprint density at radius 3 is 2.96 bits per heavy atom. The van der Waals surface area contributed by atoms with Crippen molar-refractivity contribution in [2.75, 3.05) is 26.2 Å². The first-order valence-electron chi connectivity index (χ1n) is 8.86. The summed E-state index contributed by atoms with van der Waals surface area (Å²) < 4.78 is 0. The number of likely N-dealkylation sites (tertiary alicyclic amines) is 1. The summed E-state index contributed by atoms with van der Waals surface area (Å²) in [5.41, 5.74) is 3.37. The van der Waals surface area contributed by atoms with Crippen molar-refractivity contribution in [3.63, 3.8) is 0 Å². The van der Waals surface area contributed by atoms with Crippen LogP contribution in [-0.4, -0.2) is 53.2 Å². The molecule has 0 spiro atoms. The van der Waals surface area contributed by atoms with Gasteiger partial charge >= 0.3 is 0 Å². The maximum absolute atomic E-state index is 12.2. The summed E-state index contributed by atoms with van der Waals surface area (Å²) in [6.45, 7) is 5.69. The number of rotatable bonds is 6. The molecule has 5 heteroatoms. The van der Waals surface area contributed by atoms with Crippen LogP contribution >= 0.6 is 0 Å². The van der Waals surface area contributed by atoms with Crippen molar-refractivity contribution in [3.05, 3.63) is 35.5 Å². The lowest BCUT2D eigenvalue weighted by Gasteiger charge is -2.29. The Morgan fingerprint density at radius 1 is 1.38 bits per heavy atom. The first kappa shape index (κ1) is 17.0. The number of nitrogens with zero attached hydrogens (tertiary/aromatic N) is 1. The number of benzene rings is 1. The molecule has 0 unspecified atom stereocenters. The average Bonchev–Trinajstić information content (AvgIpc) is 2.98. The van der Waals surface area contributed by atoms with E-state index in [0.29, 0.717) is 13.0 Å². The number of aromatic amines is 1. The summed E-state index contributed by atoms with van der Waals surface area (Å²) in [6.07, 6.45) is 4.92. The minimum atomic E-state index is -0.124. The first-order chi connectivity index (χ1) is 11.6. The number of amides is 1. The Labute approximate surface area is 143 Å². The van der Waals surface area contributed by atoms with Gasteiger partial charge in [-0.05, 0) is 43.9 Å². The van der Waals surface area contributed by atoms with Gasteiger partial charge in [0.25, 0.3) is 0 Å². The first-order valence-corrected chi connectivity index (χ1v) is 8.86. The second-order valence-corrected chi connectivity index (χ2v) is 6.76. The molecule has 0 atom stereocenters. The maximum Gasteiger partial charge on any atom is 0.224 e. The molecule has 1 aromatic heterocycles. The fourth-order valence-electron chi connectivity index (χ4n) is 3.42. The molecule has 0 radical (unpaired) electrons. The third-order valence-electron chi connectivity index (χ3n) is 4.89. The van der Waals surface area contributed by atoms with Crippen LogP contribution in [0.4, 0.5) is 0 Å². The molecule has 0 aliphatic carbocycles. The molecule has 3 rings (SSSR count). The van der Waals surface area contributed by atoms with Gasteiger partial charge in [0, 0.05) is 36.7 Å². The molecule has 5 nitrogen and oxygen atoms in total. The van der Waals surface area contributed by atoms with Crippen LogP contribution in [0.3, 0.4) is 0 Å². The molecular weight excluding hydrogens is 302 g/mol. The van der Waals surface area contributed by atoms with Gasteiger partial charge in [-0.25, -0.2) is 0 Å². The lowest BCUT2D eigenvalue weighted by atomic mass is 10.1. The quantitative estimate of drug-likeness (QED) is 0.710. The Morgan fingerprint density at radius 2 is 2.17 bits per heavy atom. The number of aromatic nitrogens is 1. The van der Waals surface area contributed by atoms with Crippen LogP contribution in [0, 0.1) is 6.92 Å². The van der Waals surface area contributed by atoms with Crippen molar-refractivity contribution < 1.29 is 9.90 Å². The van der Waals surface area contributed by atoms with E-state index in [1.807, 2.05) is 12.3 Å². The highest BCUT2D eigenvalue weighted by atomic mass is 16.3. The van der Waals surface area contributed by atoms with Crippen molar-refractivity contribution in [1.82, 2.24) is 15.2 Å². The molecule has 3 N–H and O–H groups in total. The van der Waals surface area contributed by atoms with Crippen LogP contribution in [-0.2, 0) is 11.2 Å². The number of fused-ring (bicyclic) bond motifs is 1. The van der Waals surface area contributed by atoms with Crippen LogP contribution in [0.2, 0.25) is 0 Å². The van der Waals surface area contributed by atoms with Gasteiger partial charge in [0.1, 0.15) is 0 Å². The van der Waals surface area contributed by atoms with E-state index in [2.05, 4.69) is 34.3 Å². The van der Waals surface area contributed by atoms with Crippen molar-refractivity contribution in [2.24, 2.45) is 0 Å². The van der Waals surface area contributed by atoms with Gasteiger partial charge in [0.2, 0.25) is 5.91 Å². The average molecular weight is 329 g/mol. The highest BCUT2D eigenvalue weighted by Crippen LogP contribution is 2.21. The van der Waals surface area contributed by atoms with E-state index < -0.39 is 0 Å². The SMILES string of the molecule is Cc1cccc2c(CC(=O)NCCCN3CCC(O)CC3)c[nH]c12. The number of hydrogen-bond acceptors (Lipinski definition) is 3. The van der Waals surface area contributed by atoms with Crippen LogP contribution in [0.25, 0.3) is 10.9 Å². The van der Waals surface area contributed by atoms with E-state index in [1.54, 1.807) is 0 Å². The van der Waals surface area contributed by atoms with Crippen molar-refractivity contribution in [2.45, 2.75) is 38.7 Å². The third kappa shape index (κ3) is 4.16. The molecule has 2 aromatic rings. The van der Waals surface area contributed by atoms with Gasteiger partial charge in [-0.15, -0.1) is 0 Å². The van der Waals surface area contributed by atoms with E-state index in [9.17, 15) is 9.90 Å². The van der Waals surface area contributed by atoms with Gasteiger partial charge < -0.3 is 20.3 Å². The second kappa shape index (κ2) is 7.81. The Kier molecular flexibility index (Phi) is 5.53. The summed E-state index contributed by atoms with van der Waals surface area (Å²) in [7, 11) is 0. The van der Waals surface area contributed by atoms with E-state index in [1.165, 1.54) is 5.56 Å². The number of aryl methyl sites for hydroxylation is 1. The van der Waals surface area contributed by atoms with E-state index in [-0.39, 0.29) is 12.0 Å². The van der Waals surface area contributed by atoms with Crippen molar-refractivity contribution in [1.29, 1.82) is 0 Å². The minimum Gasteiger partial charge on any atom is -0.393 e. The largest absolute Gasteiger partial charge is 0.393 e. The van der Waals surface area contributed by atoms with Crippen molar-refractivity contribution >= 4 is 16.8 Å². The smallest absolute Gasteiger partial charge is 0.224 e. The monoisotopic (exact) mass is 329 g/mol. The molecule has 2 heterocycles. The number of aliphatic hydroxyl groups excluding tert-OH is 1.